The molecule has 0 bridgehead atoms. The van der Waals surface area contributed by atoms with Gasteiger partial charge in [0.1, 0.15) is 0 Å². The Bertz CT molecular complexity index is 492. The summed E-state index contributed by atoms with van der Waals surface area (Å²) in [6, 6.07) is 1.86. The summed E-state index contributed by atoms with van der Waals surface area (Å²) in [5.41, 5.74) is 2.50. The van der Waals surface area contributed by atoms with E-state index in [-0.39, 0.29) is 5.56 Å². The zero-order valence-corrected chi connectivity index (χ0v) is 17.9. The molecule has 0 spiro atoms. The van der Waals surface area contributed by atoms with Crippen LogP contribution in [0.4, 0.5) is 13.2 Å². The maximum absolute atomic E-state index is 13.6. The zero-order valence-electron chi connectivity index (χ0n) is 14.7. The number of hydrogen-bond acceptors (Lipinski definition) is 0. The van der Waals surface area contributed by atoms with Crippen LogP contribution >= 0.6 is 0 Å². The van der Waals surface area contributed by atoms with E-state index in [9.17, 15) is 13.2 Å². The average molecular weight is 433 g/mol. The van der Waals surface area contributed by atoms with E-state index in [0.29, 0.717) is 38.1 Å². The topological polar surface area (TPSA) is 0 Å². The van der Waals surface area contributed by atoms with E-state index in [2.05, 4.69) is 13.8 Å². The Labute approximate surface area is 152 Å². The standard InChI is InChI=1S/C19H28F3.Sn.H/c1-4-7-10-15-13-14-18(19(20,21)22)17(12-9-6-3)16(15)11-8-5-2;;/h13H,4-12H2,1-3H3;;. The first-order valence-electron chi connectivity index (χ1n) is 8.86. The molecule has 1 aromatic carbocycles. The fourth-order valence-electron chi connectivity index (χ4n) is 3.09. The third kappa shape index (κ3) is 5.99. The fraction of sp³-hybridized carbons (Fsp3) is 0.684. The van der Waals surface area contributed by atoms with E-state index in [4.69, 9.17) is 0 Å². The predicted molar refractivity (Wildman–Crippen MR) is 94.1 cm³/mol. The van der Waals surface area contributed by atoms with Gasteiger partial charge in [-0.25, -0.2) is 0 Å². The molecule has 0 aliphatic heterocycles. The molecular formula is C19H29F3Sn. The molecule has 4 heteroatoms. The summed E-state index contributed by atoms with van der Waals surface area (Å²) >= 11 is 0.529. The van der Waals surface area contributed by atoms with Gasteiger partial charge in [-0.15, -0.1) is 0 Å². The van der Waals surface area contributed by atoms with Gasteiger partial charge in [-0.1, -0.05) is 0 Å². The summed E-state index contributed by atoms with van der Waals surface area (Å²) in [7, 11) is 0. The van der Waals surface area contributed by atoms with E-state index < -0.39 is 6.18 Å². The van der Waals surface area contributed by atoms with Crippen LogP contribution in [-0.4, -0.2) is 22.5 Å². The molecule has 0 saturated carbocycles. The van der Waals surface area contributed by atoms with Gasteiger partial charge in [0.25, 0.3) is 0 Å². The van der Waals surface area contributed by atoms with Crippen LogP contribution in [0.15, 0.2) is 6.07 Å². The Balaban J connectivity index is 3.46. The number of hydrogen-bond donors (Lipinski definition) is 0. The van der Waals surface area contributed by atoms with Crippen LogP contribution in [0.5, 0.6) is 0 Å². The Hall–Kier alpha value is -0.191. The van der Waals surface area contributed by atoms with Crippen molar-refractivity contribution in [2.75, 3.05) is 0 Å². The van der Waals surface area contributed by atoms with Gasteiger partial charge in [0, 0.05) is 0 Å². The summed E-state index contributed by atoms with van der Waals surface area (Å²) in [4.78, 5) is 0. The Morgan fingerprint density at radius 2 is 1.30 bits per heavy atom. The van der Waals surface area contributed by atoms with Crippen molar-refractivity contribution in [3.05, 3.63) is 28.3 Å². The molecule has 130 valence electrons. The molecule has 0 fully saturated rings. The normalized spacial score (nSPS) is 12.0. The van der Waals surface area contributed by atoms with E-state index in [0.717, 1.165) is 56.9 Å². The molecule has 0 atom stereocenters. The molecule has 0 aromatic heterocycles. The number of rotatable bonds is 9. The number of aryl methyl sites for hydroxylation is 1. The first-order chi connectivity index (χ1) is 10.9. The predicted octanol–water partition coefficient (Wildman–Crippen LogP) is 5.26. The molecule has 0 nitrogen and oxygen atoms in total. The van der Waals surface area contributed by atoms with Crippen molar-refractivity contribution in [3.8, 4) is 0 Å². The van der Waals surface area contributed by atoms with Crippen LogP contribution in [0.25, 0.3) is 0 Å². The van der Waals surface area contributed by atoms with Crippen LogP contribution in [0.1, 0.15) is 81.5 Å². The molecule has 1 aromatic rings. The first-order valence-corrected chi connectivity index (χ1v) is 10.5. The molecule has 23 heavy (non-hydrogen) atoms. The van der Waals surface area contributed by atoms with Gasteiger partial charge in [0.05, 0.1) is 0 Å². The maximum atomic E-state index is 13.6. The molecule has 0 heterocycles. The molecule has 0 amide bonds. The SMILES string of the molecule is CCCCc1c[c]([SnH])c(C(F)(F)F)c(CCCC)c1CCCC. The van der Waals surface area contributed by atoms with Crippen LogP contribution in [0, 0.1) is 0 Å². The van der Waals surface area contributed by atoms with E-state index in [1.807, 2.05) is 13.0 Å². The molecule has 0 aliphatic rings. The monoisotopic (exact) mass is 434 g/mol. The van der Waals surface area contributed by atoms with Crippen molar-refractivity contribution in [2.24, 2.45) is 0 Å². The third-order valence-corrected chi connectivity index (χ3v) is 5.62. The second-order valence-electron chi connectivity index (χ2n) is 6.27. The fourth-order valence-corrected chi connectivity index (χ4v) is 4.62. The van der Waals surface area contributed by atoms with Crippen LogP contribution in [-0.2, 0) is 25.4 Å². The second kappa shape index (κ2) is 9.95. The van der Waals surface area contributed by atoms with Gasteiger partial charge < -0.3 is 0 Å². The van der Waals surface area contributed by atoms with Crippen LogP contribution < -0.4 is 3.58 Å². The Morgan fingerprint density at radius 3 is 1.78 bits per heavy atom. The molecule has 1 rings (SSSR count). The Kier molecular flexibility index (Phi) is 9.02. The van der Waals surface area contributed by atoms with E-state index >= 15 is 0 Å². The van der Waals surface area contributed by atoms with Crippen molar-refractivity contribution < 1.29 is 13.2 Å². The summed E-state index contributed by atoms with van der Waals surface area (Å²) in [6.07, 6.45) is 3.93. The molecule has 0 aliphatic carbocycles. The number of benzene rings is 1. The van der Waals surface area contributed by atoms with Gasteiger partial charge in [-0.05, 0) is 0 Å². The van der Waals surface area contributed by atoms with Crippen molar-refractivity contribution in [1.29, 1.82) is 0 Å². The van der Waals surface area contributed by atoms with Crippen LogP contribution in [0.3, 0.4) is 0 Å². The summed E-state index contributed by atoms with van der Waals surface area (Å²) < 4.78 is 41.5. The quantitative estimate of drug-likeness (QED) is 0.467. The summed E-state index contributed by atoms with van der Waals surface area (Å²) in [6.45, 7) is 6.28. The van der Waals surface area contributed by atoms with Crippen molar-refractivity contribution in [3.63, 3.8) is 0 Å². The second-order valence-corrected chi connectivity index (χ2v) is 8.04. The van der Waals surface area contributed by atoms with Crippen molar-refractivity contribution in [1.82, 2.24) is 0 Å². The summed E-state index contributed by atoms with van der Waals surface area (Å²) in [5.74, 6) is 0. The van der Waals surface area contributed by atoms with Gasteiger partial charge >= 0.3 is 152 Å². The number of unbranched alkanes of at least 4 members (excludes halogenated alkanes) is 3. The summed E-state index contributed by atoms with van der Waals surface area (Å²) in [5, 5.41) is 0. The number of alkyl halides is 3. The van der Waals surface area contributed by atoms with Gasteiger partial charge in [-0.2, -0.15) is 0 Å². The van der Waals surface area contributed by atoms with Crippen molar-refractivity contribution >= 4 is 26.1 Å². The van der Waals surface area contributed by atoms with E-state index in [1.165, 1.54) is 5.56 Å². The molecule has 0 saturated heterocycles. The van der Waals surface area contributed by atoms with Gasteiger partial charge in [-0.3, -0.25) is 0 Å². The third-order valence-electron chi connectivity index (χ3n) is 4.32. The molecule has 0 unspecified atom stereocenters. The molecule has 2 radical (unpaired) electrons. The Morgan fingerprint density at radius 1 is 0.826 bits per heavy atom. The van der Waals surface area contributed by atoms with E-state index in [1.54, 1.807) is 0 Å². The van der Waals surface area contributed by atoms with Gasteiger partial charge in [0.15, 0.2) is 0 Å². The number of halogens is 3. The zero-order chi connectivity index (χ0) is 17.5. The van der Waals surface area contributed by atoms with Crippen LogP contribution in [0.2, 0.25) is 0 Å². The average Bonchev–Trinajstić information content (AvgIpc) is 2.48. The van der Waals surface area contributed by atoms with Gasteiger partial charge in [0.2, 0.25) is 0 Å². The molecule has 0 N–H and O–H groups in total. The minimum absolute atomic E-state index is 0.306. The minimum atomic E-state index is -4.22. The first kappa shape index (κ1) is 20.9. The van der Waals surface area contributed by atoms with Crippen molar-refractivity contribution in [2.45, 2.75) is 84.7 Å². The molecular weight excluding hydrogens is 404 g/mol.